The molecule has 16 heavy (non-hydrogen) atoms. The summed E-state index contributed by atoms with van der Waals surface area (Å²) in [5.41, 5.74) is 0.620. The summed E-state index contributed by atoms with van der Waals surface area (Å²) in [6.45, 7) is 2.50. The van der Waals surface area contributed by atoms with E-state index in [-0.39, 0.29) is 6.04 Å². The number of nitriles is 1. The number of hydrogen-bond acceptors (Lipinski definition) is 2. The normalized spacial score (nSPS) is 12.1. The smallest absolute Gasteiger partial charge is 0.126 e. The van der Waals surface area contributed by atoms with Gasteiger partial charge in [0.2, 0.25) is 0 Å². The predicted molar refractivity (Wildman–Crippen MR) is 57.8 cm³/mol. The summed E-state index contributed by atoms with van der Waals surface area (Å²) in [5.74, 6) is -1.11. The van der Waals surface area contributed by atoms with Crippen LogP contribution in [0.25, 0.3) is 0 Å². The van der Waals surface area contributed by atoms with Gasteiger partial charge >= 0.3 is 0 Å². The Morgan fingerprint density at radius 2 is 1.94 bits per heavy atom. The van der Waals surface area contributed by atoms with Crippen molar-refractivity contribution in [2.75, 3.05) is 6.54 Å². The van der Waals surface area contributed by atoms with Crippen LogP contribution in [0.4, 0.5) is 8.78 Å². The Morgan fingerprint density at radius 3 is 2.50 bits per heavy atom. The van der Waals surface area contributed by atoms with Gasteiger partial charge < -0.3 is 5.32 Å². The van der Waals surface area contributed by atoms with Gasteiger partial charge in [0.05, 0.1) is 12.5 Å². The van der Waals surface area contributed by atoms with Gasteiger partial charge in [0, 0.05) is 12.1 Å². The van der Waals surface area contributed by atoms with Crippen molar-refractivity contribution in [3.63, 3.8) is 0 Å². The van der Waals surface area contributed by atoms with E-state index in [0.29, 0.717) is 24.9 Å². The standard InChI is InChI=1S/C12H14F2N2/c1-9(2-4-15)16-5-3-10-6-11(13)8-12(14)7-10/h6-9,16H,2-3,5H2,1H3. The molecular formula is C12H14F2N2. The number of hydrogen-bond donors (Lipinski definition) is 1. The molecule has 4 heteroatoms. The minimum atomic E-state index is -0.555. The van der Waals surface area contributed by atoms with Crippen LogP contribution in [0.2, 0.25) is 0 Å². The van der Waals surface area contributed by atoms with Crippen molar-refractivity contribution in [1.82, 2.24) is 5.32 Å². The number of benzene rings is 1. The van der Waals surface area contributed by atoms with E-state index in [2.05, 4.69) is 11.4 Å². The lowest BCUT2D eigenvalue weighted by molar-refractivity contribution is 0.553. The van der Waals surface area contributed by atoms with Gasteiger partial charge in [-0.2, -0.15) is 5.26 Å². The van der Waals surface area contributed by atoms with Crippen molar-refractivity contribution in [1.29, 1.82) is 5.26 Å². The van der Waals surface area contributed by atoms with Crippen molar-refractivity contribution in [2.24, 2.45) is 0 Å². The Hall–Kier alpha value is -1.47. The summed E-state index contributed by atoms with van der Waals surface area (Å²) in [6, 6.07) is 5.65. The van der Waals surface area contributed by atoms with Gasteiger partial charge in [-0.25, -0.2) is 8.78 Å². The van der Waals surface area contributed by atoms with Gasteiger partial charge in [-0.1, -0.05) is 0 Å². The SMILES string of the molecule is CC(CC#N)NCCc1cc(F)cc(F)c1. The van der Waals surface area contributed by atoms with E-state index in [1.165, 1.54) is 12.1 Å². The second-order valence-electron chi connectivity index (χ2n) is 3.75. The molecule has 1 unspecified atom stereocenters. The van der Waals surface area contributed by atoms with Crippen LogP contribution in [0, 0.1) is 23.0 Å². The van der Waals surface area contributed by atoms with E-state index in [1.54, 1.807) is 0 Å². The van der Waals surface area contributed by atoms with Crippen LogP contribution in [-0.2, 0) is 6.42 Å². The monoisotopic (exact) mass is 224 g/mol. The van der Waals surface area contributed by atoms with Crippen LogP contribution >= 0.6 is 0 Å². The van der Waals surface area contributed by atoms with Crippen LogP contribution in [0.1, 0.15) is 18.9 Å². The van der Waals surface area contributed by atoms with E-state index in [4.69, 9.17) is 5.26 Å². The van der Waals surface area contributed by atoms with Crippen molar-refractivity contribution < 1.29 is 8.78 Å². The number of rotatable bonds is 5. The predicted octanol–water partition coefficient (Wildman–Crippen LogP) is 2.40. The highest BCUT2D eigenvalue weighted by Gasteiger charge is 2.02. The maximum Gasteiger partial charge on any atom is 0.126 e. The fourth-order valence-corrected chi connectivity index (χ4v) is 1.43. The number of nitrogens with one attached hydrogen (secondary N) is 1. The molecule has 0 bridgehead atoms. The summed E-state index contributed by atoms with van der Waals surface area (Å²) in [7, 11) is 0. The second kappa shape index (κ2) is 6.19. The third-order valence-electron chi connectivity index (χ3n) is 2.23. The van der Waals surface area contributed by atoms with E-state index in [9.17, 15) is 8.78 Å². The molecule has 0 fully saturated rings. The first-order chi connectivity index (χ1) is 7.61. The fourth-order valence-electron chi connectivity index (χ4n) is 1.43. The molecule has 1 aromatic rings. The van der Waals surface area contributed by atoms with Crippen molar-refractivity contribution >= 4 is 0 Å². The van der Waals surface area contributed by atoms with Crippen LogP contribution in [0.5, 0.6) is 0 Å². The molecule has 0 radical (unpaired) electrons. The van der Waals surface area contributed by atoms with E-state index < -0.39 is 11.6 Å². The first-order valence-corrected chi connectivity index (χ1v) is 5.17. The molecule has 1 rings (SSSR count). The van der Waals surface area contributed by atoms with Crippen molar-refractivity contribution in [3.05, 3.63) is 35.4 Å². The Morgan fingerprint density at radius 1 is 1.31 bits per heavy atom. The zero-order valence-electron chi connectivity index (χ0n) is 9.13. The van der Waals surface area contributed by atoms with Crippen LogP contribution in [0.3, 0.4) is 0 Å². The lowest BCUT2D eigenvalue weighted by atomic mass is 10.1. The van der Waals surface area contributed by atoms with Gasteiger partial charge in [0.1, 0.15) is 11.6 Å². The largest absolute Gasteiger partial charge is 0.313 e. The molecule has 0 saturated heterocycles. The molecule has 86 valence electrons. The highest BCUT2D eigenvalue weighted by molar-refractivity contribution is 5.18. The van der Waals surface area contributed by atoms with E-state index >= 15 is 0 Å². The molecule has 0 aliphatic heterocycles. The molecule has 1 aromatic carbocycles. The molecule has 2 nitrogen and oxygen atoms in total. The van der Waals surface area contributed by atoms with E-state index in [1.807, 2.05) is 6.92 Å². The Labute approximate surface area is 93.9 Å². The summed E-state index contributed by atoms with van der Waals surface area (Å²) in [4.78, 5) is 0. The molecule has 0 saturated carbocycles. The molecule has 0 aliphatic carbocycles. The first kappa shape index (κ1) is 12.6. The molecule has 1 N–H and O–H groups in total. The van der Waals surface area contributed by atoms with Gasteiger partial charge in [0.15, 0.2) is 0 Å². The molecule has 0 amide bonds. The quantitative estimate of drug-likeness (QED) is 0.833. The minimum Gasteiger partial charge on any atom is -0.313 e. The summed E-state index contributed by atoms with van der Waals surface area (Å²) < 4.78 is 25.7. The highest BCUT2D eigenvalue weighted by atomic mass is 19.1. The average molecular weight is 224 g/mol. The first-order valence-electron chi connectivity index (χ1n) is 5.17. The lowest BCUT2D eigenvalue weighted by Gasteiger charge is -2.09. The third kappa shape index (κ3) is 4.37. The number of nitrogens with zero attached hydrogens (tertiary/aromatic N) is 1. The summed E-state index contributed by atoms with van der Waals surface area (Å²) >= 11 is 0. The van der Waals surface area contributed by atoms with Crippen LogP contribution < -0.4 is 5.32 Å². The average Bonchev–Trinajstić information content (AvgIpc) is 2.16. The Bertz CT molecular complexity index is 365. The molecule has 0 aliphatic rings. The summed E-state index contributed by atoms with van der Waals surface area (Å²) in [6.07, 6.45) is 0.974. The van der Waals surface area contributed by atoms with Gasteiger partial charge in [-0.15, -0.1) is 0 Å². The van der Waals surface area contributed by atoms with E-state index in [0.717, 1.165) is 6.07 Å². The Kier molecular flexibility index (Phi) is 4.87. The molecule has 0 spiro atoms. The van der Waals surface area contributed by atoms with Crippen LogP contribution in [-0.4, -0.2) is 12.6 Å². The zero-order chi connectivity index (χ0) is 12.0. The van der Waals surface area contributed by atoms with Gasteiger partial charge in [0.25, 0.3) is 0 Å². The topological polar surface area (TPSA) is 35.8 Å². The van der Waals surface area contributed by atoms with Crippen molar-refractivity contribution in [2.45, 2.75) is 25.8 Å². The van der Waals surface area contributed by atoms with Crippen LogP contribution in [0.15, 0.2) is 18.2 Å². The molecule has 1 atom stereocenters. The number of halogens is 2. The third-order valence-corrected chi connectivity index (χ3v) is 2.23. The van der Waals surface area contributed by atoms with Crippen molar-refractivity contribution in [3.8, 4) is 6.07 Å². The molecule has 0 heterocycles. The minimum absolute atomic E-state index is 0.100. The lowest BCUT2D eigenvalue weighted by Crippen LogP contribution is -2.27. The van der Waals surface area contributed by atoms with Gasteiger partial charge in [-0.05, 0) is 37.6 Å². The second-order valence-corrected chi connectivity index (χ2v) is 3.75. The summed E-state index contributed by atoms with van der Waals surface area (Å²) in [5, 5.41) is 11.5. The Balaban J connectivity index is 2.40. The molecular weight excluding hydrogens is 210 g/mol. The highest BCUT2D eigenvalue weighted by Crippen LogP contribution is 2.08. The maximum absolute atomic E-state index is 12.8. The van der Waals surface area contributed by atoms with Gasteiger partial charge in [-0.3, -0.25) is 0 Å². The zero-order valence-corrected chi connectivity index (χ0v) is 9.13. The molecule has 0 aromatic heterocycles. The fraction of sp³-hybridized carbons (Fsp3) is 0.417. The maximum atomic E-state index is 12.8.